The van der Waals surface area contributed by atoms with Crippen LogP contribution in [0.3, 0.4) is 0 Å². The van der Waals surface area contributed by atoms with Gasteiger partial charge in [0.1, 0.15) is 0 Å². The summed E-state index contributed by atoms with van der Waals surface area (Å²) in [6, 6.07) is 4.86. The molecule has 0 amide bonds. The summed E-state index contributed by atoms with van der Waals surface area (Å²) in [6.45, 7) is 4.39. The summed E-state index contributed by atoms with van der Waals surface area (Å²) in [4.78, 5) is 2.35. The van der Waals surface area contributed by atoms with Crippen molar-refractivity contribution in [2.45, 2.75) is 30.8 Å². The van der Waals surface area contributed by atoms with Gasteiger partial charge in [-0.1, -0.05) is 0 Å². The van der Waals surface area contributed by atoms with Crippen LogP contribution in [0, 0.1) is 0 Å². The molecule has 21 heavy (non-hydrogen) atoms. The van der Waals surface area contributed by atoms with Gasteiger partial charge >= 0.3 is 0 Å². The van der Waals surface area contributed by atoms with E-state index in [0.717, 1.165) is 31.6 Å². The molecule has 6 nitrogen and oxygen atoms in total. The molecule has 1 heterocycles. The molecule has 0 aromatic heterocycles. The molecule has 1 atom stereocenters. The van der Waals surface area contributed by atoms with Crippen LogP contribution < -0.4 is 15.4 Å². The Labute approximate surface area is 126 Å². The predicted octanol–water partition coefficient (Wildman–Crippen LogP) is 1.18. The third-order valence-corrected chi connectivity index (χ3v) is 5.11. The number of nitrogen functional groups attached to an aromatic ring is 1. The van der Waals surface area contributed by atoms with Gasteiger partial charge < -0.3 is 15.4 Å². The zero-order chi connectivity index (χ0) is 15.5. The lowest BCUT2D eigenvalue weighted by Crippen LogP contribution is -2.40. The number of rotatable bonds is 5. The zero-order valence-corrected chi connectivity index (χ0v) is 13.3. The number of benzene rings is 1. The molecule has 1 aromatic carbocycles. The van der Waals surface area contributed by atoms with Crippen molar-refractivity contribution in [2.75, 3.05) is 37.4 Å². The van der Waals surface area contributed by atoms with E-state index in [1.807, 2.05) is 6.92 Å². The van der Waals surface area contributed by atoms with Crippen LogP contribution in [0.4, 0.5) is 11.4 Å². The Morgan fingerprint density at radius 2 is 2.24 bits per heavy atom. The van der Waals surface area contributed by atoms with Crippen molar-refractivity contribution in [3.63, 3.8) is 0 Å². The Balaban J connectivity index is 2.21. The van der Waals surface area contributed by atoms with Crippen molar-refractivity contribution in [1.82, 2.24) is 4.72 Å². The number of nitrogens with zero attached hydrogens (tertiary/aromatic N) is 1. The van der Waals surface area contributed by atoms with E-state index in [2.05, 4.69) is 9.62 Å². The van der Waals surface area contributed by atoms with Crippen molar-refractivity contribution in [1.29, 1.82) is 0 Å². The highest BCUT2D eigenvalue weighted by atomic mass is 32.2. The van der Waals surface area contributed by atoms with Crippen LogP contribution in [0.2, 0.25) is 0 Å². The van der Waals surface area contributed by atoms with Gasteiger partial charge in [-0.05, 0) is 45.0 Å². The highest BCUT2D eigenvalue weighted by Crippen LogP contribution is 2.29. The van der Waals surface area contributed by atoms with Gasteiger partial charge in [0.25, 0.3) is 0 Å². The molecule has 1 aromatic rings. The molecule has 0 aliphatic carbocycles. The normalized spacial score (nSPS) is 19.7. The zero-order valence-electron chi connectivity index (χ0n) is 12.5. The number of sulfonamides is 1. The lowest BCUT2D eigenvalue weighted by molar-refractivity contribution is 0.0527. The van der Waals surface area contributed by atoms with E-state index in [1.54, 1.807) is 12.1 Å². The summed E-state index contributed by atoms with van der Waals surface area (Å²) in [7, 11) is -2.08. The van der Waals surface area contributed by atoms with E-state index in [1.165, 1.54) is 13.1 Å². The van der Waals surface area contributed by atoms with Crippen molar-refractivity contribution in [2.24, 2.45) is 0 Å². The summed E-state index contributed by atoms with van der Waals surface area (Å²) in [5.74, 6) is 0. The van der Waals surface area contributed by atoms with Gasteiger partial charge in [0.05, 0.1) is 22.4 Å². The molecule has 0 spiro atoms. The molecule has 3 N–H and O–H groups in total. The van der Waals surface area contributed by atoms with Gasteiger partial charge in [-0.2, -0.15) is 0 Å². The van der Waals surface area contributed by atoms with Crippen molar-refractivity contribution in [3.8, 4) is 0 Å². The number of piperidine rings is 1. The summed E-state index contributed by atoms with van der Waals surface area (Å²) in [6.07, 6.45) is 2.31. The number of nitrogens with two attached hydrogens (primary N) is 1. The van der Waals surface area contributed by atoms with E-state index in [-0.39, 0.29) is 11.0 Å². The van der Waals surface area contributed by atoms with Crippen LogP contribution in [0.25, 0.3) is 0 Å². The van der Waals surface area contributed by atoms with Crippen LogP contribution in [0.5, 0.6) is 0 Å². The fraction of sp³-hybridized carbons (Fsp3) is 0.571. The lowest BCUT2D eigenvalue weighted by Gasteiger charge is -2.34. The topological polar surface area (TPSA) is 84.7 Å². The minimum Gasteiger partial charge on any atom is -0.397 e. The quantitative estimate of drug-likeness (QED) is 0.798. The largest absolute Gasteiger partial charge is 0.397 e. The third kappa shape index (κ3) is 3.66. The van der Waals surface area contributed by atoms with Crippen LogP contribution in [0.15, 0.2) is 23.1 Å². The van der Waals surface area contributed by atoms with Gasteiger partial charge in [-0.3, -0.25) is 0 Å². The molecule has 1 aliphatic rings. The second-order valence-corrected chi connectivity index (χ2v) is 6.98. The molecule has 1 unspecified atom stereocenters. The monoisotopic (exact) mass is 313 g/mol. The van der Waals surface area contributed by atoms with Crippen LogP contribution in [0.1, 0.15) is 19.8 Å². The third-order valence-electron chi connectivity index (χ3n) is 3.70. The Bertz CT molecular complexity index is 587. The maximum Gasteiger partial charge on any atom is 0.240 e. The van der Waals surface area contributed by atoms with Gasteiger partial charge in [-0.25, -0.2) is 13.1 Å². The first-order valence-corrected chi connectivity index (χ1v) is 8.66. The molecule has 0 radical (unpaired) electrons. The number of hydrogen-bond donors (Lipinski definition) is 2. The first kappa shape index (κ1) is 16.1. The molecule has 1 aliphatic heterocycles. The minimum absolute atomic E-state index is 0.185. The molecular weight excluding hydrogens is 290 g/mol. The molecule has 118 valence electrons. The van der Waals surface area contributed by atoms with E-state index in [0.29, 0.717) is 12.3 Å². The minimum atomic E-state index is -3.46. The maximum atomic E-state index is 11.8. The summed E-state index contributed by atoms with van der Waals surface area (Å²) in [5, 5.41) is 0. The molecular formula is C14H23N3O3S. The SMILES string of the molecule is CCOC1CCCN(c2ccc(S(=O)(=O)NC)cc2N)C1. The standard InChI is InChI=1S/C14H23N3O3S/c1-3-20-11-5-4-8-17(10-11)14-7-6-12(9-13(14)15)21(18,19)16-2/h6-7,9,11,16H,3-5,8,10,15H2,1-2H3. The van der Waals surface area contributed by atoms with Crippen LogP contribution in [-0.2, 0) is 14.8 Å². The summed E-state index contributed by atoms with van der Waals surface area (Å²) >= 11 is 0. The summed E-state index contributed by atoms with van der Waals surface area (Å²) in [5.41, 5.74) is 7.39. The van der Waals surface area contributed by atoms with Crippen LogP contribution in [-0.4, -0.2) is 41.3 Å². The average Bonchev–Trinajstić information content (AvgIpc) is 2.47. The van der Waals surface area contributed by atoms with Crippen LogP contribution >= 0.6 is 0 Å². The number of anilines is 2. The molecule has 0 saturated carbocycles. The van der Waals surface area contributed by atoms with E-state index < -0.39 is 10.0 Å². The molecule has 1 saturated heterocycles. The Morgan fingerprint density at radius 3 is 2.86 bits per heavy atom. The van der Waals surface area contributed by atoms with Crippen molar-refractivity contribution < 1.29 is 13.2 Å². The predicted molar refractivity (Wildman–Crippen MR) is 84.0 cm³/mol. The van der Waals surface area contributed by atoms with E-state index in [9.17, 15) is 8.42 Å². The van der Waals surface area contributed by atoms with Gasteiger partial charge in [0.15, 0.2) is 0 Å². The van der Waals surface area contributed by atoms with E-state index in [4.69, 9.17) is 10.5 Å². The number of nitrogens with one attached hydrogen (secondary N) is 1. The Morgan fingerprint density at radius 1 is 1.48 bits per heavy atom. The average molecular weight is 313 g/mol. The second-order valence-electron chi connectivity index (χ2n) is 5.09. The van der Waals surface area contributed by atoms with Gasteiger partial charge in [0.2, 0.25) is 10.0 Å². The molecule has 7 heteroatoms. The lowest BCUT2D eigenvalue weighted by atomic mass is 10.1. The first-order valence-electron chi connectivity index (χ1n) is 7.17. The molecule has 1 fully saturated rings. The van der Waals surface area contributed by atoms with E-state index >= 15 is 0 Å². The Kier molecular flexibility index (Phi) is 5.08. The Hall–Kier alpha value is -1.31. The van der Waals surface area contributed by atoms with Crippen molar-refractivity contribution >= 4 is 21.4 Å². The summed E-state index contributed by atoms with van der Waals surface area (Å²) < 4.78 is 31.5. The highest BCUT2D eigenvalue weighted by Gasteiger charge is 2.22. The molecule has 0 bridgehead atoms. The number of ether oxygens (including phenoxy) is 1. The fourth-order valence-corrected chi connectivity index (χ4v) is 3.40. The first-order chi connectivity index (χ1) is 9.97. The smallest absolute Gasteiger partial charge is 0.240 e. The van der Waals surface area contributed by atoms with Gasteiger partial charge in [0, 0.05) is 19.7 Å². The maximum absolute atomic E-state index is 11.8. The van der Waals surface area contributed by atoms with Crippen molar-refractivity contribution in [3.05, 3.63) is 18.2 Å². The number of hydrogen-bond acceptors (Lipinski definition) is 5. The molecule has 2 rings (SSSR count). The van der Waals surface area contributed by atoms with Gasteiger partial charge in [-0.15, -0.1) is 0 Å². The second kappa shape index (κ2) is 6.64. The highest BCUT2D eigenvalue weighted by molar-refractivity contribution is 7.89. The fourth-order valence-electron chi connectivity index (χ4n) is 2.63.